The fourth-order valence-corrected chi connectivity index (χ4v) is 3.92. The molecule has 3 atom stereocenters. The molecule has 0 aromatic heterocycles. The zero-order valence-corrected chi connectivity index (χ0v) is 13.4. The van der Waals surface area contributed by atoms with Crippen molar-refractivity contribution in [1.82, 2.24) is 0 Å². The summed E-state index contributed by atoms with van der Waals surface area (Å²) in [6.07, 6.45) is 3.56. The van der Waals surface area contributed by atoms with Crippen molar-refractivity contribution in [1.29, 1.82) is 0 Å². The highest BCUT2D eigenvalue weighted by Crippen LogP contribution is 2.47. The first kappa shape index (κ1) is 15.4. The minimum absolute atomic E-state index is 0.252. The van der Waals surface area contributed by atoms with Crippen molar-refractivity contribution in [3.8, 4) is 5.75 Å². The van der Waals surface area contributed by atoms with Crippen LogP contribution in [0.5, 0.6) is 5.75 Å². The van der Waals surface area contributed by atoms with Crippen LogP contribution in [0, 0.1) is 17.8 Å². The summed E-state index contributed by atoms with van der Waals surface area (Å²) in [5.74, 6) is 2.78. The molecule has 2 heteroatoms. The van der Waals surface area contributed by atoms with E-state index in [1.54, 1.807) is 0 Å². The normalized spacial score (nSPS) is 30.5. The van der Waals surface area contributed by atoms with E-state index in [0.717, 1.165) is 12.2 Å². The lowest BCUT2D eigenvalue weighted by molar-refractivity contribution is 0.105. The highest BCUT2D eigenvalue weighted by atomic mass is 16.5. The van der Waals surface area contributed by atoms with Crippen molar-refractivity contribution in [3.05, 3.63) is 29.8 Å². The molecule has 1 saturated carbocycles. The lowest BCUT2D eigenvalue weighted by Gasteiger charge is -2.46. The van der Waals surface area contributed by atoms with E-state index in [2.05, 4.69) is 39.0 Å². The van der Waals surface area contributed by atoms with Crippen LogP contribution >= 0.6 is 0 Å². The van der Waals surface area contributed by atoms with Crippen LogP contribution in [0.1, 0.15) is 52.5 Å². The Morgan fingerprint density at radius 1 is 1.30 bits per heavy atom. The maximum absolute atomic E-state index is 6.97. The summed E-state index contributed by atoms with van der Waals surface area (Å²) in [5.41, 5.74) is 7.92. The topological polar surface area (TPSA) is 35.2 Å². The number of benzene rings is 1. The van der Waals surface area contributed by atoms with Gasteiger partial charge in [0.1, 0.15) is 5.75 Å². The molecule has 1 aliphatic carbocycles. The molecule has 1 fully saturated rings. The second-order valence-corrected chi connectivity index (χ2v) is 6.71. The lowest BCUT2D eigenvalue weighted by Crippen LogP contribution is -2.50. The Hall–Kier alpha value is -1.02. The largest absolute Gasteiger partial charge is 0.494 e. The number of hydrogen-bond acceptors (Lipinski definition) is 2. The summed E-state index contributed by atoms with van der Waals surface area (Å²) in [5, 5.41) is 0. The van der Waals surface area contributed by atoms with Crippen LogP contribution in [-0.2, 0) is 5.54 Å². The molecule has 1 aromatic carbocycles. The molecule has 0 heterocycles. The summed E-state index contributed by atoms with van der Waals surface area (Å²) < 4.78 is 5.84. The Kier molecular flexibility index (Phi) is 4.74. The van der Waals surface area contributed by atoms with Crippen molar-refractivity contribution in [2.75, 3.05) is 6.61 Å². The predicted octanol–water partition coefficient (Wildman–Crippen LogP) is 4.33. The van der Waals surface area contributed by atoms with E-state index in [9.17, 15) is 0 Å². The van der Waals surface area contributed by atoms with E-state index in [-0.39, 0.29) is 5.54 Å². The van der Waals surface area contributed by atoms with Crippen molar-refractivity contribution < 1.29 is 4.74 Å². The van der Waals surface area contributed by atoms with E-state index in [1.165, 1.54) is 18.4 Å². The standard InChI is InChI=1S/C18H29NO/c1-5-20-17-9-7-6-8-16(17)18(19)12-14(4)10-11-15(18)13(2)3/h6-9,13-15H,5,10-12,19H2,1-4H3. The molecule has 0 aliphatic heterocycles. The zero-order valence-electron chi connectivity index (χ0n) is 13.4. The number of nitrogens with two attached hydrogens (primary N) is 1. The molecule has 0 spiro atoms. The maximum Gasteiger partial charge on any atom is 0.124 e. The smallest absolute Gasteiger partial charge is 0.124 e. The Bertz CT molecular complexity index is 443. The third-order valence-electron chi connectivity index (χ3n) is 4.81. The SMILES string of the molecule is CCOc1ccccc1C1(N)CC(C)CCC1C(C)C. The van der Waals surface area contributed by atoms with Gasteiger partial charge in [0.2, 0.25) is 0 Å². The Morgan fingerprint density at radius 2 is 2.00 bits per heavy atom. The van der Waals surface area contributed by atoms with Crippen LogP contribution < -0.4 is 10.5 Å². The molecule has 2 N–H and O–H groups in total. The molecular weight excluding hydrogens is 246 g/mol. The Labute approximate surface area is 123 Å². The van der Waals surface area contributed by atoms with Crippen LogP contribution in [0.3, 0.4) is 0 Å². The highest BCUT2D eigenvalue weighted by Gasteiger charge is 2.43. The van der Waals surface area contributed by atoms with E-state index < -0.39 is 0 Å². The fourth-order valence-electron chi connectivity index (χ4n) is 3.92. The molecule has 20 heavy (non-hydrogen) atoms. The molecule has 0 radical (unpaired) electrons. The van der Waals surface area contributed by atoms with Gasteiger partial charge >= 0.3 is 0 Å². The molecule has 3 unspecified atom stereocenters. The van der Waals surface area contributed by atoms with Gasteiger partial charge in [0.25, 0.3) is 0 Å². The third-order valence-corrected chi connectivity index (χ3v) is 4.81. The average Bonchev–Trinajstić information content (AvgIpc) is 2.39. The van der Waals surface area contributed by atoms with Crippen LogP contribution in [0.2, 0.25) is 0 Å². The Morgan fingerprint density at radius 3 is 2.65 bits per heavy atom. The van der Waals surface area contributed by atoms with Crippen LogP contribution in [0.4, 0.5) is 0 Å². The molecular formula is C18H29NO. The molecule has 112 valence electrons. The fraction of sp³-hybridized carbons (Fsp3) is 0.667. The summed E-state index contributed by atoms with van der Waals surface area (Å²) in [4.78, 5) is 0. The van der Waals surface area contributed by atoms with Gasteiger partial charge in [-0.3, -0.25) is 0 Å². The summed E-state index contributed by atoms with van der Waals surface area (Å²) in [6, 6.07) is 8.35. The van der Waals surface area contributed by atoms with Crippen molar-refractivity contribution in [3.63, 3.8) is 0 Å². The minimum atomic E-state index is -0.252. The first-order valence-electron chi connectivity index (χ1n) is 8.00. The van der Waals surface area contributed by atoms with Crippen molar-refractivity contribution in [2.24, 2.45) is 23.5 Å². The second-order valence-electron chi connectivity index (χ2n) is 6.71. The minimum Gasteiger partial charge on any atom is -0.494 e. The number of para-hydroxylation sites is 1. The van der Waals surface area contributed by atoms with Gasteiger partial charge in [0.05, 0.1) is 6.61 Å². The molecule has 2 rings (SSSR count). The van der Waals surface area contributed by atoms with Gasteiger partial charge in [0.15, 0.2) is 0 Å². The maximum atomic E-state index is 6.97. The summed E-state index contributed by atoms with van der Waals surface area (Å²) in [6.45, 7) is 9.64. The Balaban J connectivity index is 2.44. The van der Waals surface area contributed by atoms with Gasteiger partial charge in [-0.2, -0.15) is 0 Å². The van der Waals surface area contributed by atoms with Crippen LogP contribution in [-0.4, -0.2) is 6.61 Å². The van der Waals surface area contributed by atoms with Crippen LogP contribution in [0.25, 0.3) is 0 Å². The molecule has 0 saturated heterocycles. The van der Waals surface area contributed by atoms with Gasteiger partial charge in [-0.15, -0.1) is 0 Å². The monoisotopic (exact) mass is 275 g/mol. The van der Waals surface area contributed by atoms with E-state index in [0.29, 0.717) is 24.4 Å². The number of hydrogen-bond donors (Lipinski definition) is 1. The summed E-state index contributed by atoms with van der Waals surface area (Å²) >= 11 is 0. The number of rotatable bonds is 4. The predicted molar refractivity (Wildman–Crippen MR) is 84.8 cm³/mol. The van der Waals surface area contributed by atoms with E-state index in [4.69, 9.17) is 10.5 Å². The van der Waals surface area contributed by atoms with Crippen LogP contribution in [0.15, 0.2) is 24.3 Å². The quantitative estimate of drug-likeness (QED) is 0.887. The zero-order chi connectivity index (χ0) is 14.8. The lowest BCUT2D eigenvalue weighted by atomic mass is 9.62. The van der Waals surface area contributed by atoms with Gasteiger partial charge in [-0.05, 0) is 43.6 Å². The second kappa shape index (κ2) is 6.17. The van der Waals surface area contributed by atoms with Gasteiger partial charge in [-0.1, -0.05) is 45.4 Å². The molecule has 1 aromatic rings. The first-order chi connectivity index (χ1) is 9.49. The number of ether oxygens (including phenoxy) is 1. The molecule has 2 nitrogen and oxygen atoms in total. The van der Waals surface area contributed by atoms with Crippen molar-refractivity contribution >= 4 is 0 Å². The third kappa shape index (κ3) is 2.85. The van der Waals surface area contributed by atoms with Crippen molar-refractivity contribution in [2.45, 2.75) is 52.5 Å². The van der Waals surface area contributed by atoms with Gasteiger partial charge in [-0.25, -0.2) is 0 Å². The molecule has 1 aliphatic rings. The first-order valence-corrected chi connectivity index (χ1v) is 8.00. The average molecular weight is 275 g/mol. The van der Waals surface area contributed by atoms with E-state index in [1.807, 2.05) is 13.0 Å². The van der Waals surface area contributed by atoms with Gasteiger partial charge < -0.3 is 10.5 Å². The highest BCUT2D eigenvalue weighted by molar-refractivity contribution is 5.40. The molecule has 0 bridgehead atoms. The van der Waals surface area contributed by atoms with E-state index >= 15 is 0 Å². The van der Waals surface area contributed by atoms with Gasteiger partial charge in [0, 0.05) is 11.1 Å². The molecule has 0 amide bonds. The summed E-state index contributed by atoms with van der Waals surface area (Å²) in [7, 11) is 0.